The van der Waals surface area contributed by atoms with Gasteiger partial charge in [0.05, 0.1) is 5.41 Å². The second kappa shape index (κ2) is 13.3. The van der Waals surface area contributed by atoms with E-state index in [2.05, 4.69) is 185 Å². The lowest BCUT2D eigenvalue weighted by Crippen LogP contribution is -2.31. The Labute approximate surface area is 331 Å². The zero-order valence-electron chi connectivity index (χ0n) is 32.1. The molecule has 2 aliphatic rings. The number of aryl methyl sites for hydroxylation is 4. The van der Waals surface area contributed by atoms with Gasteiger partial charge in [-0.3, -0.25) is 0 Å². The van der Waals surface area contributed by atoms with Gasteiger partial charge in [0, 0.05) is 15.9 Å². The lowest BCUT2D eigenvalue weighted by atomic mass is 9.70. The summed E-state index contributed by atoms with van der Waals surface area (Å²) >= 11 is 0. The average molecular weight is 757 g/mol. The van der Waals surface area contributed by atoms with Crippen LogP contribution < -0.4 is 31.8 Å². The maximum atomic E-state index is 16.4. The molecule has 0 bridgehead atoms. The first kappa shape index (κ1) is 34.9. The summed E-state index contributed by atoms with van der Waals surface area (Å²) < 4.78 is 16.4. The number of hydrogen-bond acceptors (Lipinski definition) is 1. The van der Waals surface area contributed by atoms with Crippen LogP contribution in [0.2, 0.25) is 0 Å². The monoisotopic (exact) mass is 756 g/mol. The Morgan fingerprint density at radius 1 is 0.393 bits per heavy atom. The Hall–Kier alpha value is -5.58. The molecule has 3 heteroatoms. The zero-order valence-corrected chi connectivity index (χ0v) is 33.9. The van der Waals surface area contributed by atoms with Crippen molar-refractivity contribution in [2.75, 3.05) is 0 Å². The van der Waals surface area contributed by atoms with Crippen molar-refractivity contribution in [1.82, 2.24) is 0 Å². The molecule has 1 spiro atoms. The van der Waals surface area contributed by atoms with Crippen molar-refractivity contribution in [2.45, 2.75) is 33.1 Å². The topological polar surface area (TPSA) is 17.1 Å². The number of hydrogen-bond donors (Lipinski definition) is 0. The molecule has 0 aromatic heterocycles. The molecule has 0 aliphatic heterocycles. The highest BCUT2D eigenvalue weighted by atomic mass is 31.2. The SMILES string of the molecule is Cc1ccccc1P(c1ccc2c(c1)C1(c3ccccc3-2)c2ccccc2-c2ccc(P(=O)(c3ccccc3C)c3ccccc3C)cc21)c1ccccc1C. The average Bonchev–Trinajstić information content (AvgIpc) is 3.69. The van der Waals surface area contributed by atoms with E-state index in [1.165, 1.54) is 71.5 Å². The summed E-state index contributed by atoms with van der Waals surface area (Å²) in [5.41, 5.74) is 14.2. The molecule has 8 aromatic carbocycles. The Bertz CT molecular complexity index is 2810. The molecule has 56 heavy (non-hydrogen) atoms. The summed E-state index contributed by atoms with van der Waals surface area (Å²) in [6.45, 7) is 8.69. The van der Waals surface area contributed by atoms with Crippen molar-refractivity contribution >= 4 is 46.9 Å². The van der Waals surface area contributed by atoms with Gasteiger partial charge in [-0.25, -0.2) is 0 Å². The molecule has 270 valence electrons. The predicted molar refractivity (Wildman–Crippen MR) is 240 cm³/mol. The van der Waals surface area contributed by atoms with Gasteiger partial charge in [0.1, 0.15) is 0 Å². The third-order valence-electron chi connectivity index (χ3n) is 12.3. The summed E-state index contributed by atoms with van der Waals surface area (Å²) in [4.78, 5) is 0. The fourth-order valence-corrected chi connectivity index (χ4v) is 15.5. The van der Waals surface area contributed by atoms with Gasteiger partial charge in [-0.1, -0.05) is 170 Å². The van der Waals surface area contributed by atoms with Gasteiger partial charge in [-0.2, -0.15) is 0 Å². The van der Waals surface area contributed by atoms with Gasteiger partial charge in [0.2, 0.25) is 0 Å². The maximum Gasteiger partial charge on any atom is 0.171 e. The molecule has 0 saturated heterocycles. The van der Waals surface area contributed by atoms with Gasteiger partial charge >= 0.3 is 0 Å². The van der Waals surface area contributed by atoms with Crippen LogP contribution in [0.1, 0.15) is 44.5 Å². The van der Waals surface area contributed by atoms with E-state index in [9.17, 15) is 0 Å². The van der Waals surface area contributed by atoms with Crippen molar-refractivity contribution in [3.63, 3.8) is 0 Å². The Kier molecular flexibility index (Phi) is 8.27. The van der Waals surface area contributed by atoms with Gasteiger partial charge in [0.15, 0.2) is 7.14 Å². The van der Waals surface area contributed by atoms with E-state index in [0.29, 0.717) is 0 Å². The molecule has 0 fully saturated rings. The highest BCUT2D eigenvalue weighted by Crippen LogP contribution is 2.63. The van der Waals surface area contributed by atoms with Crippen LogP contribution in [-0.4, -0.2) is 0 Å². The first-order valence-electron chi connectivity index (χ1n) is 19.5. The third kappa shape index (κ3) is 4.94. The molecular formula is C53H42OP2. The molecule has 1 atom stereocenters. The lowest BCUT2D eigenvalue weighted by molar-refractivity contribution is 0.592. The summed E-state index contributed by atoms with van der Waals surface area (Å²) in [5.74, 6) is 0. The van der Waals surface area contributed by atoms with Crippen molar-refractivity contribution in [2.24, 2.45) is 0 Å². The van der Waals surface area contributed by atoms with E-state index in [1.54, 1.807) is 0 Å². The highest BCUT2D eigenvalue weighted by molar-refractivity contribution is 7.85. The second-order valence-electron chi connectivity index (χ2n) is 15.4. The largest absolute Gasteiger partial charge is 0.309 e. The molecule has 0 radical (unpaired) electrons. The predicted octanol–water partition coefficient (Wildman–Crippen LogP) is 10.7. The fraction of sp³-hybridized carbons (Fsp3) is 0.0943. The number of benzene rings is 8. The van der Waals surface area contributed by atoms with Gasteiger partial charge in [0.25, 0.3) is 0 Å². The normalized spacial score (nSPS) is 15.1. The van der Waals surface area contributed by atoms with Crippen molar-refractivity contribution in [3.8, 4) is 22.3 Å². The van der Waals surface area contributed by atoms with Gasteiger partial charge in [-0.15, -0.1) is 0 Å². The molecular weight excluding hydrogens is 715 g/mol. The molecule has 1 nitrogen and oxygen atoms in total. The minimum atomic E-state index is -3.32. The van der Waals surface area contributed by atoms with E-state index < -0.39 is 20.5 Å². The molecule has 1 unspecified atom stereocenters. The van der Waals surface area contributed by atoms with Crippen LogP contribution in [0.4, 0.5) is 0 Å². The summed E-state index contributed by atoms with van der Waals surface area (Å²) in [7, 11) is -4.19. The van der Waals surface area contributed by atoms with E-state index >= 15 is 4.57 Å². The Morgan fingerprint density at radius 2 is 0.804 bits per heavy atom. The van der Waals surface area contributed by atoms with Crippen LogP contribution in [-0.2, 0) is 9.98 Å². The Morgan fingerprint density at radius 3 is 1.32 bits per heavy atom. The van der Waals surface area contributed by atoms with E-state index in [0.717, 1.165) is 27.0 Å². The van der Waals surface area contributed by atoms with Crippen LogP contribution in [0.25, 0.3) is 22.3 Å². The molecule has 2 aliphatic carbocycles. The number of fused-ring (bicyclic) bond motifs is 10. The van der Waals surface area contributed by atoms with Gasteiger partial charge in [-0.05, 0) is 130 Å². The number of rotatable bonds is 6. The van der Waals surface area contributed by atoms with Crippen molar-refractivity contribution in [3.05, 3.63) is 226 Å². The molecule has 0 saturated carbocycles. The lowest BCUT2D eigenvalue weighted by Gasteiger charge is -2.32. The van der Waals surface area contributed by atoms with E-state index in [-0.39, 0.29) is 0 Å². The van der Waals surface area contributed by atoms with Crippen LogP contribution in [0.3, 0.4) is 0 Å². The maximum absolute atomic E-state index is 16.4. The highest BCUT2D eigenvalue weighted by Gasteiger charge is 2.52. The molecule has 10 rings (SSSR count). The van der Waals surface area contributed by atoms with Crippen LogP contribution in [0.15, 0.2) is 182 Å². The molecule has 0 heterocycles. The first-order valence-corrected chi connectivity index (χ1v) is 22.5. The molecule has 8 aromatic rings. The van der Waals surface area contributed by atoms with Crippen molar-refractivity contribution < 1.29 is 4.57 Å². The molecule has 0 N–H and O–H groups in total. The van der Waals surface area contributed by atoms with Crippen LogP contribution in [0, 0.1) is 27.7 Å². The summed E-state index contributed by atoms with van der Waals surface area (Å²) in [6.07, 6.45) is 0. The molecule has 0 amide bonds. The zero-order chi connectivity index (χ0) is 38.2. The summed E-state index contributed by atoms with van der Waals surface area (Å²) in [6, 6.07) is 66.3. The standard InChI is InChI=1S/C53H42OP2/c1-35-17-5-13-25-49(35)55(50-26-14-6-18-36(50)2)39-29-31-43-41-21-9-11-23-45(41)53(47(43)33-39)46-24-12-10-22-42(46)44-32-30-40(34-48(44)53)56(54,51-27-15-7-19-37(51)3)52-28-16-8-20-38(52)4/h5-34H,1-4H3. The van der Waals surface area contributed by atoms with Crippen molar-refractivity contribution in [1.29, 1.82) is 0 Å². The smallest absolute Gasteiger partial charge is 0.171 e. The quantitative estimate of drug-likeness (QED) is 0.154. The van der Waals surface area contributed by atoms with Crippen LogP contribution >= 0.6 is 15.1 Å². The fourth-order valence-electron chi connectivity index (χ4n) is 9.73. The Balaban J connectivity index is 1.29. The third-order valence-corrected chi connectivity index (χ3v) is 18.4. The minimum Gasteiger partial charge on any atom is -0.309 e. The second-order valence-corrected chi connectivity index (χ2v) is 20.2. The van der Waals surface area contributed by atoms with Crippen LogP contribution in [0.5, 0.6) is 0 Å². The summed E-state index contributed by atoms with van der Waals surface area (Å²) in [5, 5.41) is 6.77. The van der Waals surface area contributed by atoms with Gasteiger partial charge < -0.3 is 4.57 Å². The minimum absolute atomic E-state index is 0.593. The van der Waals surface area contributed by atoms with E-state index in [1.807, 2.05) is 24.3 Å². The first-order chi connectivity index (χ1) is 27.3. The van der Waals surface area contributed by atoms with E-state index in [4.69, 9.17) is 0 Å².